The molecule has 0 aromatic heterocycles. The third-order valence-corrected chi connectivity index (χ3v) is 4.45. The van der Waals surface area contributed by atoms with Gasteiger partial charge in [-0.3, -0.25) is 4.90 Å². The van der Waals surface area contributed by atoms with Gasteiger partial charge in [-0.2, -0.15) is 0 Å². The first-order valence-electron chi connectivity index (χ1n) is 6.83. The normalized spacial score (nSPS) is 19.2. The number of nitrogens with zero attached hydrogens (tertiary/aromatic N) is 1. The van der Waals surface area contributed by atoms with Crippen molar-refractivity contribution in [3.05, 3.63) is 58.5 Å². The molecule has 1 amide bonds. The van der Waals surface area contributed by atoms with E-state index in [1.807, 2.05) is 56.5 Å². The number of rotatable bonds is 3. The van der Waals surface area contributed by atoms with E-state index >= 15 is 0 Å². The van der Waals surface area contributed by atoms with Crippen LogP contribution >= 0.6 is 11.2 Å². The van der Waals surface area contributed by atoms with Gasteiger partial charge in [-0.05, 0) is 37.8 Å². The number of amides is 1. The highest BCUT2D eigenvalue weighted by molar-refractivity contribution is 8.18. The number of nitrogens with two attached hydrogens (primary N) is 1. The second kappa shape index (κ2) is 6.26. The molecule has 1 aromatic carbocycles. The molecule has 2 rings (SSSR count). The molecular formula is C16H22N2O2S. The SMILES string of the molecule is CC(C)(C)N(Cc1ccccc1)C(=O)O[SH]1C=CC(N)=C1. The Morgan fingerprint density at radius 2 is 1.95 bits per heavy atom. The first kappa shape index (κ1) is 15.5. The van der Waals surface area contributed by atoms with Gasteiger partial charge in [0.15, 0.2) is 0 Å². The molecule has 0 aliphatic carbocycles. The van der Waals surface area contributed by atoms with Gasteiger partial charge in [-0.15, -0.1) is 0 Å². The number of thiol groups is 1. The molecule has 0 radical (unpaired) electrons. The Balaban J connectivity index is 2.09. The molecule has 0 saturated heterocycles. The number of hydrogen-bond donors (Lipinski definition) is 2. The van der Waals surface area contributed by atoms with Crippen LogP contribution in [0.25, 0.3) is 0 Å². The fourth-order valence-corrected chi connectivity index (χ4v) is 3.11. The Kier molecular flexibility index (Phi) is 4.63. The fraction of sp³-hybridized carbons (Fsp3) is 0.312. The van der Waals surface area contributed by atoms with E-state index < -0.39 is 11.2 Å². The van der Waals surface area contributed by atoms with Crippen LogP contribution in [-0.4, -0.2) is 16.5 Å². The predicted molar refractivity (Wildman–Crippen MR) is 88.6 cm³/mol. The van der Waals surface area contributed by atoms with Gasteiger partial charge in [-0.1, -0.05) is 41.5 Å². The van der Waals surface area contributed by atoms with E-state index in [1.54, 1.807) is 16.4 Å². The molecule has 0 fully saturated rings. The lowest BCUT2D eigenvalue weighted by Crippen LogP contribution is -2.44. The number of carbonyl (C=O) groups excluding carboxylic acids is 1. The second-order valence-corrected chi connectivity index (χ2v) is 7.36. The van der Waals surface area contributed by atoms with Crippen molar-refractivity contribution in [1.29, 1.82) is 0 Å². The maximum Gasteiger partial charge on any atom is 0.421 e. The Bertz CT molecular complexity index is 561. The minimum atomic E-state index is -1.04. The summed E-state index contributed by atoms with van der Waals surface area (Å²) in [5, 5.41) is 3.63. The molecule has 1 aliphatic heterocycles. The first-order chi connectivity index (χ1) is 9.86. The minimum absolute atomic E-state index is 0.312. The van der Waals surface area contributed by atoms with Gasteiger partial charge in [0.2, 0.25) is 0 Å². The van der Waals surface area contributed by atoms with Crippen molar-refractivity contribution in [3.8, 4) is 0 Å². The average molecular weight is 306 g/mol. The summed E-state index contributed by atoms with van der Waals surface area (Å²) < 4.78 is 5.55. The fourth-order valence-electron chi connectivity index (χ4n) is 1.93. The summed E-state index contributed by atoms with van der Waals surface area (Å²) in [6.45, 7) is 6.52. The Morgan fingerprint density at radius 1 is 1.29 bits per heavy atom. The number of carbonyl (C=O) groups is 1. The van der Waals surface area contributed by atoms with Crippen molar-refractivity contribution < 1.29 is 8.98 Å². The van der Waals surface area contributed by atoms with Gasteiger partial charge >= 0.3 is 6.09 Å². The van der Waals surface area contributed by atoms with Crippen LogP contribution in [0.5, 0.6) is 0 Å². The van der Waals surface area contributed by atoms with Crippen LogP contribution in [0.4, 0.5) is 4.79 Å². The molecule has 1 unspecified atom stereocenters. The lowest BCUT2D eigenvalue weighted by Gasteiger charge is -2.35. The minimum Gasteiger partial charge on any atom is -0.398 e. The molecule has 1 heterocycles. The molecule has 4 nitrogen and oxygen atoms in total. The van der Waals surface area contributed by atoms with Gasteiger partial charge < -0.3 is 9.92 Å². The van der Waals surface area contributed by atoms with Gasteiger partial charge in [0.1, 0.15) is 0 Å². The quantitative estimate of drug-likeness (QED) is 0.838. The maximum atomic E-state index is 12.5. The summed E-state index contributed by atoms with van der Waals surface area (Å²) in [7, 11) is 0. The monoisotopic (exact) mass is 306 g/mol. The van der Waals surface area contributed by atoms with Crippen molar-refractivity contribution in [1.82, 2.24) is 4.90 Å². The summed E-state index contributed by atoms with van der Waals surface area (Å²) in [5.41, 5.74) is 7.08. The van der Waals surface area contributed by atoms with Gasteiger partial charge in [-0.25, -0.2) is 4.79 Å². The van der Waals surface area contributed by atoms with Crippen LogP contribution in [0, 0.1) is 0 Å². The maximum absolute atomic E-state index is 12.5. The summed E-state index contributed by atoms with van der Waals surface area (Å²) in [6.07, 6.45) is 1.46. The van der Waals surface area contributed by atoms with Gasteiger partial charge in [0.25, 0.3) is 0 Å². The number of allylic oxidation sites excluding steroid dienone is 1. The second-order valence-electron chi connectivity index (χ2n) is 5.90. The highest BCUT2D eigenvalue weighted by atomic mass is 32.2. The van der Waals surface area contributed by atoms with Crippen LogP contribution in [0.15, 0.2) is 52.9 Å². The zero-order chi connectivity index (χ0) is 15.5. The third-order valence-electron chi connectivity index (χ3n) is 3.09. The zero-order valence-corrected chi connectivity index (χ0v) is 13.5. The predicted octanol–water partition coefficient (Wildman–Crippen LogP) is 3.67. The Morgan fingerprint density at radius 3 is 2.48 bits per heavy atom. The molecule has 1 aromatic rings. The van der Waals surface area contributed by atoms with E-state index in [0.29, 0.717) is 12.2 Å². The summed E-state index contributed by atoms with van der Waals surface area (Å²) in [5.74, 6) is 0. The van der Waals surface area contributed by atoms with Crippen molar-refractivity contribution in [3.63, 3.8) is 0 Å². The van der Waals surface area contributed by atoms with Gasteiger partial charge in [0, 0.05) is 23.2 Å². The first-order valence-corrected chi connectivity index (χ1v) is 8.23. The molecule has 0 spiro atoms. The summed E-state index contributed by atoms with van der Waals surface area (Å²) in [4.78, 5) is 14.2. The highest BCUT2D eigenvalue weighted by Crippen LogP contribution is 2.37. The van der Waals surface area contributed by atoms with E-state index in [2.05, 4.69) is 0 Å². The molecule has 1 aliphatic rings. The van der Waals surface area contributed by atoms with Crippen LogP contribution in [-0.2, 0) is 10.7 Å². The number of hydrogen-bond acceptors (Lipinski definition) is 3. The molecule has 2 N–H and O–H groups in total. The molecule has 1 atom stereocenters. The molecule has 114 valence electrons. The van der Waals surface area contributed by atoms with E-state index in [1.165, 1.54) is 0 Å². The largest absolute Gasteiger partial charge is 0.421 e. The lowest BCUT2D eigenvalue weighted by atomic mass is 10.1. The molecule has 21 heavy (non-hydrogen) atoms. The van der Waals surface area contributed by atoms with Crippen molar-refractivity contribution in [2.75, 3.05) is 0 Å². The zero-order valence-electron chi connectivity index (χ0n) is 12.6. The summed E-state index contributed by atoms with van der Waals surface area (Å²) >= 11 is -1.04. The standard InChI is InChI=1S/C16H22N2O2S/c1-16(2,3)18(11-13-7-5-4-6-8-13)15(19)20-21-10-9-14(17)12-21/h4-10,12,21H,11,17H2,1-3H3. The Hall–Kier alpha value is -1.88. The van der Waals surface area contributed by atoms with E-state index in [0.717, 1.165) is 5.56 Å². The van der Waals surface area contributed by atoms with Crippen molar-refractivity contribution in [2.24, 2.45) is 5.73 Å². The third kappa shape index (κ3) is 4.29. The lowest BCUT2D eigenvalue weighted by molar-refractivity contribution is 0.107. The number of benzene rings is 1. The van der Waals surface area contributed by atoms with Crippen molar-refractivity contribution >= 4 is 17.3 Å². The molecule has 0 saturated carbocycles. The summed E-state index contributed by atoms with van der Waals surface area (Å²) in [6, 6.07) is 9.91. The molecule has 0 bridgehead atoms. The Labute approximate surface area is 128 Å². The van der Waals surface area contributed by atoms with Crippen LogP contribution in [0.1, 0.15) is 26.3 Å². The topological polar surface area (TPSA) is 55.6 Å². The van der Waals surface area contributed by atoms with E-state index in [-0.39, 0.29) is 11.6 Å². The molecular weight excluding hydrogens is 284 g/mol. The van der Waals surface area contributed by atoms with E-state index in [9.17, 15) is 4.79 Å². The van der Waals surface area contributed by atoms with Crippen LogP contribution in [0.3, 0.4) is 0 Å². The average Bonchev–Trinajstić information content (AvgIpc) is 2.81. The molecule has 5 heteroatoms. The smallest absolute Gasteiger partial charge is 0.398 e. The van der Waals surface area contributed by atoms with Crippen LogP contribution in [0.2, 0.25) is 0 Å². The van der Waals surface area contributed by atoms with Crippen LogP contribution < -0.4 is 5.73 Å². The van der Waals surface area contributed by atoms with E-state index in [4.69, 9.17) is 9.92 Å². The highest BCUT2D eigenvalue weighted by Gasteiger charge is 2.29. The van der Waals surface area contributed by atoms with Gasteiger partial charge in [0.05, 0.1) is 0 Å². The van der Waals surface area contributed by atoms with Crippen molar-refractivity contribution in [2.45, 2.75) is 32.9 Å².